The van der Waals surface area contributed by atoms with Crippen LogP contribution < -0.4 is 16.2 Å². The van der Waals surface area contributed by atoms with Gasteiger partial charge in [0.2, 0.25) is 0 Å². The van der Waals surface area contributed by atoms with Gasteiger partial charge >= 0.3 is 0 Å². The molecular formula is C29H25FN4O2S. The number of anilines is 1. The molecule has 0 saturated carbocycles. The summed E-state index contributed by atoms with van der Waals surface area (Å²) in [6.45, 7) is 2.34. The van der Waals surface area contributed by atoms with Crippen LogP contribution in [0.5, 0.6) is 0 Å². The lowest BCUT2D eigenvalue weighted by Gasteiger charge is -2.16. The van der Waals surface area contributed by atoms with Crippen LogP contribution in [0.2, 0.25) is 0 Å². The normalized spacial score (nSPS) is 11.9. The molecule has 37 heavy (non-hydrogen) atoms. The van der Waals surface area contributed by atoms with Gasteiger partial charge in [0, 0.05) is 40.1 Å². The number of halogens is 1. The van der Waals surface area contributed by atoms with Crippen LogP contribution in [0.25, 0.3) is 21.2 Å². The molecule has 5 rings (SSSR count). The molecule has 0 radical (unpaired) electrons. The predicted octanol–water partition coefficient (Wildman–Crippen LogP) is 5.90. The molecule has 0 aliphatic heterocycles. The maximum absolute atomic E-state index is 13.2. The van der Waals surface area contributed by atoms with E-state index in [0.717, 1.165) is 26.3 Å². The summed E-state index contributed by atoms with van der Waals surface area (Å²) >= 11 is 1.62. The number of benzene rings is 2. The van der Waals surface area contributed by atoms with Crippen LogP contribution in [0.4, 0.5) is 10.2 Å². The largest absolute Gasteiger partial charge is 0.365 e. The Bertz CT molecular complexity index is 1640. The monoisotopic (exact) mass is 512 g/mol. The van der Waals surface area contributed by atoms with E-state index in [2.05, 4.69) is 15.6 Å². The highest BCUT2D eigenvalue weighted by molar-refractivity contribution is 7.15. The molecule has 1 atom stereocenters. The Morgan fingerprint density at radius 1 is 1.03 bits per heavy atom. The Kier molecular flexibility index (Phi) is 6.83. The van der Waals surface area contributed by atoms with Crippen molar-refractivity contribution in [1.82, 2.24) is 14.9 Å². The third-order valence-corrected chi connectivity index (χ3v) is 7.34. The number of aryl methyl sites for hydroxylation is 1. The predicted molar refractivity (Wildman–Crippen MR) is 146 cm³/mol. The van der Waals surface area contributed by atoms with Gasteiger partial charge in [0.05, 0.1) is 18.2 Å². The summed E-state index contributed by atoms with van der Waals surface area (Å²) in [5.41, 5.74) is 2.22. The molecule has 0 saturated heterocycles. The molecule has 3 heterocycles. The third-order valence-electron chi connectivity index (χ3n) is 6.22. The van der Waals surface area contributed by atoms with E-state index in [1.807, 2.05) is 49.5 Å². The van der Waals surface area contributed by atoms with Crippen molar-refractivity contribution in [2.45, 2.75) is 19.5 Å². The minimum Gasteiger partial charge on any atom is -0.365 e. The Hall–Kier alpha value is -4.30. The van der Waals surface area contributed by atoms with Crippen LogP contribution in [-0.2, 0) is 13.6 Å². The quantitative estimate of drug-likeness (QED) is 0.285. The number of aromatic nitrogens is 2. The highest BCUT2D eigenvalue weighted by Crippen LogP contribution is 2.33. The fourth-order valence-corrected chi connectivity index (χ4v) is 5.21. The molecule has 0 fully saturated rings. The van der Waals surface area contributed by atoms with Gasteiger partial charge in [-0.15, -0.1) is 11.3 Å². The molecule has 1 amide bonds. The first-order chi connectivity index (χ1) is 17.9. The molecule has 0 aliphatic rings. The number of rotatable bonds is 7. The second-order valence-corrected chi connectivity index (χ2v) is 9.94. The first-order valence-corrected chi connectivity index (χ1v) is 12.6. The summed E-state index contributed by atoms with van der Waals surface area (Å²) in [6, 6.07) is 20.9. The van der Waals surface area contributed by atoms with Crippen LogP contribution in [0.1, 0.15) is 33.8 Å². The zero-order chi connectivity index (χ0) is 25.9. The van der Waals surface area contributed by atoms with Gasteiger partial charge in [-0.05, 0) is 60.3 Å². The summed E-state index contributed by atoms with van der Waals surface area (Å²) < 4.78 is 14.9. The first-order valence-electron chi connectivity index (χ1n) is 11.8. The molecule has 3 aromatic heterocycles. The standard InChI is InChI=1S/C29H25FN4O2S/c1-18(19-9-11-20(30)12-10-19)33-28(35)24-8-5-15-31-27(24)32-16-21-13-14-26(37-21)25-17-34(2)29(36)23-7-4-3-6-22(23)25/h3-15,17-18H,16H2,1-2H3,(H,31,32)(H,33,35)/t18-/m0/s1. The first kappa shape index (κ1) is 24.4. The smallest absolute Gasteiger partial charge is 0.258 e. The van der Waals surface area contributed by atoms with Gasteiger partial charge in [-0.3, -0.25) is 9.59 Å². The minimum atomic E-state index is -0.317. The lowest BCUT2D eigenvalue weighted by molar-refractivity contribution is 0.0940. The van der Waals surface area contributed by atoms with Crippen LogP contribution in [0.3, 0.4) is 0 Å². The Balaban J connectivity index is 1.32. The molecule has 0 bridgehead atoms. The summed E-state index contributed by atoms with van der Waals surface area (Å²) in [7, 11) is 1.76. The van der Waals surface area contributed by atoms with Crippen molar-refractivity contribution in [1.29, 1.82) is 0 Å². The van der Waals surface area contributed by atoms with E-state index < -0.39 is 0 Å². The third kappa shape index (κ3) is 5.15. The van der Waals surface area contributed by atoms with Crippen molar-refractivity contribution in [3.05, 3.63) is 117 Å². The summed E-state index contributed by atoms with van der Waals surface area (Å²) in [6.07, 6.45) is 3.51. The molecule has 0 unspecified atom stereocenters. The van der Waals surface area contributed by atoms with Crippen molar-refractivity contribution in [2.75, 3.05) is 5.32 Å². The van der Waals surface area contributed by atoms with Crippen molar-refractivity contribution in [3.8, 4) is 10.4 Å². The van der Waals surface area contributed by atoms with Gasteiger partial charge in [-0.25, -0.2) is 9.37 Å². The van der Waals surface area contributed by atoms with E-state index in [1.165, 1.54) is 12.1 Å². The lowest BCUT2D eigenvalue weighted by Crippen LogP contribution is -2.27. The minimum absolute atomic E-state index is 0.0208. The van der Waals surface area contributed by atoms with Crippen LogP contribution in [-0.4, -0.2) is 15.5 Å². The average molecular weight is 513 g/mol. The van der Waals surface area contributed by atoms with E-state index in [4.69, 9.17) is 0 Å². The van der Waals surface area contributed by atoms with Gasteiger partial charge in [-0.2, -0.15) is 0 Å². The molecule has 0 spiro atoms. The van der Waals surface area contributed by atoms with Gasteiger partial charge < -0.3 is 15.2 Å². The van der Waals surface area contributed by atoms with Gasteiger partial charge in [0.1, 0.15) is 11.6 Å². The fraction of sp³-hybridized carbons (Fsp3) is 0.138. The van der Waals surface area contributed by atoms with Crippen molar-refractivity contribution < 1.29 is 9.18 Å². The zero-order valence-corrected chi connectivity index (χ0v) is 21.2. The summed E-state index contributed by atoms with van der Waals surface area (Å²) in [4.78, 5) is 32.0. The number of carbonyl (C=O) groups is 1. The molecule has 2 aromatic carbocycles. The van der Waals surface area contributed by atoms with Gasteiger partial charge in [0.25, 0.3) is 11.5 Å². The Labute approximate surface area is 217 Å². The maximum atomic E-state index is 13.2. The van der Waals surface area contributed by atoms with Crippen LogP contribution in [0.15, 0.2) is 90.0 Å². The molecule has 8 heteroatoms. The fourth-order valence-electron chi connectivity index (χ4n) is 4.24. The maximum Gasteiger partial charge on any atom is 0.258 e. The molecular weight excluding hydrogens is 487 g/mol. The van der Waals surface area contributed by atoms with E-state index in [-0.39, 0.29) is 23.3 Å². The zero-order valence-electron chi connectivity index (χ0n) is 20.4. The van der Waals surface area contributed by atoms with Crippen molar-refractivity contribution in [2.24, 2.45) is 7.05 Å². The lowest BCUT2D eigenvalue weighted by atomic mass is 10.1. The highest BCUT2D eigenvalue weighted by Gasteiger charge is 2.16. The highest BCUT2D eigenvalue weighted by atomic mass is 32.1. The Morgan fingerprint density at radius 3 is 2.57 bits per heavy atom. The number of amides is 1. The number of pyridine rings is 2. The number of nitrogens with zero attached hydrogens (tertiary/aromatic N) is 2. The SMILES string of the molecule is C[C@H](NC(=O)c1cccnc1NCc1ccc(-c2cn(C)c(=O)c3ccccc23)s1)c1ccc(F)cc1. The van der Waals surface area contributed by atoms with Crippen LogP contribution >= 0.6 is 11.3 Å². The molecule has 6 nitrogen and oxygen atoms in total. The number of fused-ring (bicyclic) bond motifs is 1. The van der Waals surface area contributed by atoms with Crippen molar-refractivity contribution in [3.63, 3.8) is 0 Å². The second-order valence-electron chi connectivity index (χ2n) is 8.77. The number of carbonyl (C=O) groups excluding carboxylic acids is 1. The Morgan fingerprint density at radius 2 is 1.78 bits per heavy atom. The van der Waals surface area contributed by atoms with Gasteiger partial charge in [-0.1, -0.05) is 30.3 Å². The summed E-state index contributed by atoms with van der Waals surface area (Å²) in [5, 5.41) is 7.85. The van der Waals surface area contributed by atoms with Gasteiger partial charge in [0.15, 0.2) is 0 Å². The molecule has 5 aromatic rings. The molecule has 0 aliphatic carbocycles. The summed E-state index contributed by atoms with van der Waals surface area (Å²) in [5.74, 6) is -0.105. The average Bonchev–Trinajstić information content (AvgIpc) is 3.39. The number of hydrogen-bond acceptors (Lipinski definition) is 5. The molecule has 2 N–H and O–H groups in total. The second kappa shape index (κ2) is 10.4. The van der Waals surface area contributed by atoms with E-state index in [0.29, 0.717) is 23.3 Å². The van der Waals surface area contributed by atoms with E-state index in [9.17, 15) is 14.0 Å². The van der Waals surface area contributed by atoms with Crippen molar-refractivity contribution >= 4 is 33.8 Å². The van der Waals surface area contributed by atoms with E-state index >= 15 is 0 Å². The topological polar surface area (TPSA) is 76.0 Å². The number of thiophene rings is 1. The van der Waals surface area contributed by atoms with Crippen LogP contribution in [0, 0.1) is 5.82 Å². The number of nitrogens with one attached hydrogen (secondary N) is 2. The van der Waals surface area contributed by atoms with E-state index in [1.54, 1.807) is 53.4 Å². The number of hydrogen-bond donors (Lipinski definition) is 2. The molecule has 186 valence electrons.